The highest BCUT2D eigenvalue weighted by atomic mass is 16.5. The fourth-order valence-corrected chi connectivity index (χ4v) is 2.25. The summed E-state index contributed by atoms with van der Waals surface area (Å²) in [5, 5.41) is 2.93. The van der Waals surface area contributed by atoms with Gasteiger partial charge in [-0.1, -0.05) is 12.0 Å². The third-order valence-electron chi connectivity index (χ3n) is 2.98. The Hall–Kier alpha value is -1.27. The zero-order chi connectivity index (χ0) is 13.8. The second kappa shape index (κ2) is 6.06. The molecule has 100 valence electrons. The molecule has 1 aliphatic carbocycles. The highest BCUT2D eigenvalue weighted by Crippen LogP contribution is 2.36. The molecule has 1 aliphatic rings. The molecule has 0 aromatic carbocycles. The minimum atomic E-state index is -0.203. The van der Waals surface area contributed by atoms with Crippen molar-refractivity contribution in [3.63, 3.8) is 0 Å². The van der Waals surface area contributed by atoms with Gasteiger partial charge in [0.05, 0.1) is 11.7 Å². The summed E-state index contributed by atoms with van der Waals surface area (Å²) in [4.78, 5) is 11.4. The SMILES string of the molecule is C=CC[C@H]1[C@H](NC(=O)C#CC)C[C@H]1OC(C)(C)C. The summed E-state index contributed by atoms with van der Waals surface area (Å²) in [7, 11) is 0. The van der Waals surface area contributed by atoms with E-state index in [1.807, 2.05) is 26.8 Å². The fourth-order valence-electron chi connectivity index (χ4n) is 2.25. The number of rotatable bonds is 4. The van der Waals surface area contributed by atoms with Gasteiger partial charge in [0.1, 0.15) is 0 Å². The standard InChI is InChI=1S/C15H23NO2/c1-6-8-11-12(16-14(17)9-7-2)10-13(11)18-15(3,4)5/h6,11-13H,1,8,10H2,2-5H3,(H,16,17)/t11-,12+,13+/m0/s1. The molecule has 0 saturated heterocycles. The molecule has 0 aromatic rings. The number of carbonyl (C=O) groups is 1. The van der Waals surface area contributed by atoms with E-state index in [0.717, 1.165) is 12.8 Å². The molecule has 3 nitrogen and oxygen atoms in total. The van der Waals surface area contributed by atoms with Gasteiger partial charge in [0.2, 0.25) is 0 Å². The molecular weight excluding hydrogens is 226 g/mol. The first-order chi connectivity index (χ1) is 8.37. The van der Waals surface area contributed by atoms with Crippen LogP contribution < -0.4 is 5.32 Å². The minimum absolute atomic E-state index is 0.151. The molecule has 0 bridgehead atoms. The maximum absolute atomic E-state index is 11.4. The first-order valence-corrected chi connectivity index (χ1v) is 6.39. The third kappa shape index (κ3) is 4.19. The summed E-state index contributed by atoms with van der Waals surface area (Å²) in [5.74, 6) is 5.21. The van der Waals surface area contributed by atoms with Gasteiger partial charge in [0.25, 0.3) is 5.91 Å². The largest absolute Gasteiger partial charge is 0.372 e. The predicted molar refractivity (Wildman–Crippen MR) is 72.9 cm³/mol. The van der Waals surface area contributed by atoms with E-state index < -0.39 is 0 Å². The van der Waals surface area contributed by atoms with Crippen molar-refractivity contribution in [2.45, 2.75) is 58.3 Å². The second-order valence-electron chi connectivity index (χ2n) is 5.65. The van der Waals surface area contributed by atoms with Gasteiger partial charge < -0.3 is 10.1 Å². The van der Waals surface area contributed by atoms with Crippen LogP contribution in [0.5, 0.6) is 0 Å². The number of carbonyl (C=O) groups excluding carboxylic acids is 1. The Bertz CT molecular complexity index is 370. The van der Waals surface area contributed by atoms with E-state index in [-0.39, 0.29) is 23.7 Å². The number of allylic oxidation sites excluding steroid dienone is 1. The monoisotopic (exact) mass is 249 g/mol. The zero-order valence-electron chi connectivity index (χ0n) is 11.7. The van der Waals surface area contributed by atoms with Crippen molar-refractivity contribution in [2.75, 3.05) is 0 Å². The molecule has 0 aliphatic heterocycles. The predicted octanol–water partition coefficient (Wildman–Crippen LogP) is 2.27. The van der Waals surface area contributed by atoms with Crippen molar-refractivity contribution in [2.24, 2.45) is 5.92 Å². The average Bonchev–Trinajstić information content (AvgIpc) is 2.23. The van der Waals surface area contributed by atoms with Crippen LogP contribution in [0.1, 0.15) is 40.5 Å². The highest BCUT2D eigenvalue weighted by Gasteiger charge is 2.43. The van der Waals surface area contributed by atoms with Gasteiger partial charge in [-0.15, -0.1) is 6.58 Å². The maximum Gasteiger partial charge on any atom is 0.296 e. The van der Waals surface area contributed by atoms with Crippen LogP contribution in [0.4, 0.5) is 0 Å². The van der Waals surface area contributed by atoms with E-state index in [0.29, 0.717) is 5.92 Å². The summed E-state index contributed by atoms with van der Waals surface area (Å²) in [6.07, 6.45) is 3.79. The normalized spacial score (nSPS) is 26.6. The van der Waals surface area contributed by atoms with Crippen molar-refractivity contribution in [1.82, 2.24) is 5.32 Å². The molecule has 0 radical (unpaired) electrons. The van der Waals surface area contributed by atoms with Crippen molar-refractivity contribution in [3.05, 3.63) is 12.7 Å². The van der Waals surface area contributed by atoms with Crippen LogP contribution in [0.15, 0.2) is 12.7 Å². The third-order valence-corrected chi connectivity index (χ3v) is 2.98. The zero-order valence-corrected chi connectivity index (χ0v) is 11.7. The van der Waals surface area contributed by atoms with Gasteiger partial charge in [-0.05, 0) is 46.5 Å². The topological polar surface area (TPSA) is 38.3 Å². The lowest BCUT2D eigenvalue weighted by molar-refractivity contribution is -0.142. The average molecular weight is 249 g/mol. The fraction of sp³-hybridized carbons (Fsp3) is 0.667. The molecular formula is C15H23NO2. The van der Waals surface area contributed by atoms with Crippen LogP contribution in [0.25, 0.3) is 0 Å². The first-order valence-electron chi connectivity index (χ1n) is 6.39. The van der Waals surface area contributed by atoms with Crippen molar-refractivity contribution in [1.29, 1.82) is 0 Å². The van der Waals surface area contributed by atoms with Crippen molar-refractivity contribution >= 4 is 5.91 Å². The van der Waals surface area contributed by atoms with E-state index >= 15 is 0 Å². The summed E-state index contributed by atoms with van der Waals surface area (Å²) in [5.41, 5.74) is -0.151. The molecule has 0 spiro atoms. The quantitative estimate of drug-likeness (QED) is 0.613. The summed E-state index contributed by atoms with van der Waals surface area (Å²) in [6, 6.07) is 0.156. The van der Waals surface area contributed by atoms with E-state index in [2.05, 4.69) is 23.7 Å². The summed E-state index contributed by atoms with van der Waals surface area (Å²) in [6.45, 7) is 11.6. The molecule has 1 N–H and O–H groups in total. The number of hydrogen-bond acceptors (Lipinski definition) is 2. The molecule has 0 heterocycles. The van der Waals surface area contributed by atoms with Crippen LogP contribution >= 0.6 is 0 Å². The van der Waals surface area contributed by atoms with Crippen LogP contribution in [0.3, 0.4) is 0 Å². The molecule has 1 fully saturated rings. The Morgan fingerprint density at radius 3 is 2.72 bits per heavy atom. The van der Waals surface area contributed by atoms with Crippen LogP contribution in [-0.2, 0) is 9.53 Å². The van der Waals surface area contributed by atoms with E-state index in [4.69, 9.17) is 4.74 Å². The minimum Gasteiger partial charge on any atom is -0.372 e. The van der Waals surface area contributed by atoms with Crippen LogP contribution in [0.2, 0.25) is 0 Å². The van der Waals surface area contributed by atoms with Gasteiger partial charge >= 0.3 is 0 Å². The lowest BCUT2D eigenvalue weighted by atomic mass is 9.74. The van der Waals surface area contributed by atoms with E-state index in [1.165, 1.54) is 0 Å². The van der Waals surface area contributed by atoms with Crippen molar-refractivity contribution < 1.29 is 9.53 Å². The molecule has 1 rings (SSSR count). The number of ether oxygens (including phenoxy) is 1. The van der Waals surface area contributed by atoms with Gasteiger partial charge in [0, 0.05) is 12.0 Å². The lowest BCUT2D eigenvalue weighted by Gasteiger charge is -2.46. The molecule has 0 unspecified atom stereocenters. The van der Waals surface area contributed by atoms with Gasteiger partial charge in [-0.3, -0.25) is 4.79 Å². The lowest BCUT2D eigenvalue weighted by Crippen LogP contribution is -2.57. The second-order valence-corrected chi connectivity index (χ2v) is 5.65. The maximum atomic E-state index is 11.4. The Kier molecular flexibility index (Phi) is 4.98. The Morgan fingerprint density at radius 1 is 1.56 bits per heavy atom. The molecule has 3 heteroatoms. The molecule has 18 heavy (non-hydrogen) atoms. The molecule has 0 aromatic heterocycles. The van der Waals surface area contributed by atoms with Crippen LogP contribution in [0, 0.1) is 17.8 Å². The summed E-state index contributed by atoms with van der Waals surface area (Å²) < 4.78 is 5.98. The van der Waals surface area contributed by atoms with Gasteiger partial charge in [-0.25, -0.2) is 0 Å². The van der Waals surface area contributed by atoms with Gasteiger partial charge in [0.15, 0.2) is 0 Å². The number of amides is 1. The number of nitrogens with one attached hydrogen (secondary N) is 1. The van der Waals surface area contributed by atoms with E-state index in [1.54, 1.807) is 6.92 Å². The Morgan fingerprint density at radius 2 is 2.22 bits per heavy atom. The molecule has 1 saturated carbocycles. The summed E-state index contributed by atoms with van der Waals surface area (Å²) >= 11 is 0. The smallest absolute Gasteiger partial charge is 0.296 e. The van der Waals surface area contributed by atoms with Crippen LogP contribution in [-0.4, -0.2) is 23.7 Å². The molecule has 1 amide bonds. The van der Waals surface area contributed by atoms with E-state index in [9.17, 15) is 4.79 Å². The first kappa shape index (κ1) is 14.8. The Balaban J connectivity index is 2.54. The van der Waals surface area contributed by atoms with Crippen molar-refractivity contribution in [3.8, 4) is 11.8 Å². The number of hydrogen-bond donors (Lipinski definition) is 1. The highest BCUT2D eigenvalue weighted by molar-refractivity contribution is 5.93. The Labute approximate surface area is 110 Å². The van der Waals surface area contributed by atoms with Gasteiger partial charge in [-0.2, -0.15) is 0 Å². The molecule has 3 atom stereocenters.